The van der Waals surface area contributed by atoms with Crippen LogP contribution in [0.1, 0.15) is 5.56 Å². The molecule has 88 valence electrons. The summed E-state index contributed by atoms with van der Waals surface area (Å²) in [7, 11) is 0. The maximum Gasteiger partial charge on any atom is 0.345 e. The van der Waals surface area contributed by atoms with E-state index in [-0.39, 0.29) is 5.69 Å². The van der Waals surface area contributed by atoms with E-state index >= 15 is 0 Å². The van der Waals surface area contributed by atoms with Crippen molar-refractivity contribution in [2.45, 2.75) is 6.92 Å². The lowest BCUT2D eigenvalue weighted by molar-refractivity contribution is 1.12. The average molecular weight is 236 g/mol. The molecular weight excluding hydrogens is 224 g/mol. The van der Waals surface area contributed by atoms with Crippen molar-refractivity contribution in [3.05, 3.63) is 64.6 Å². The number of rotatable bonds is 1. The predicted octanol–water partition coefficient (Wildman–Crippen LogP) is 2.90. The molecule has 0 amide bonds. The summed E-state index contributed by atoms with van der Waals surface area (Å²) < 4.78 is 0. The van der Waals surface area contributed by atoms with E-state index in [4.69, 9.17) is 0 Å². The van der Waals surface area contributed by atoms with Gasteiger partial charge in [-0.1, -0.05) is 42.5 Å². The smallest absolute Gasteiger partial charge is 0.305 e. The van der Waals surface area contributed by atoms with Gasteiger partial charge in [-0.3, -0.25) is 0 Å². The number of aromatic nitrogens is 2. The van der Waals surface area contributed by atoms with Crippen LogP contribution in [0.25, 0.3) is 22.2 Å². The molecule has 0 saturated heterocycles. The third-order valence-corrected chi connectivity index (χ3v) is 3.04. The maximum absolute atomic E-state index is 11.6. The summed E-state index contributed by atoms with van der Waals surface area (Å²) in [6.07, 6.45) is 0. The molecule has 0 bridgehead atoms. The second kappa shape index (κ2) is 4.11. The van der Waals surface area contributed by atoms with Gasteiger partial charge >= 0.3 is 5.69 Å². The van der Waals surface area contributed by atoms with Gasteiger partial charge in [-0.25, -0.2) is 4.79 Å². The third-order valence-electron chi connectivity index (χ3n) is 3.04. The predicted molar refractivity (Wildman–Crippen MR) is 72.5 cm³/mol. The first-order valence-electron chi connectivity index (χ1n) is 5.81. The van der Waals surface area contributed by atoms with Crippen LogP contribution in [0.5, 0.6) is 0 Å². The van der Waals surface area contributed by atoms with Crippen molar-refractivity contribution in [1.29, 1.82) is 0 Å². The molecule has 0 saturated carbocycles. The van der Waals surface area contributed by atoms with E-state index in [1.807, 2.05) is 55.5 Å². The second-order valence-electron chi connectivity index (χ2n) is 4.25. The molecule has 0 radical (unpaired) electrons. The van der Waals surface area contributed by atoms with Crippen molar-refractivity contribution in [3.8, 4) is 11.3 Å². The summed E-state index contributed by atoms with van der Waals surface area (Å²) in [6.45, 7) is 2.03. The first-order chi connectivity index (χ1) is 8.75. The Labute approximate surface area is 104 Å². The molecule has 3 nitrogen and oxygen atoms in total. The lowest BCUT2D eigenvalue weighted by Gasteiger charge is -2.08. The summed E-state index contributed by atoms with van der Waals surface area (Å²) in [5, 5.41) is 0.964. The summed E-state index contributed by atoms with van der Waals surface area (Å²) in [4.78, 5) is 18.4. The number of nitrogens with one attached hydrogen (secondary N) is 1. The van der Waals surface area contributed by atoms with Crippen LogP contribution in [0.2, 0.25) is 0 Å². The average Bonchev–Trinajstić information content (AvgIpc) is 2.38. The van der Waals surface area contributed by atoms with Gasteiger partial charge in [0.2, 0.25) is 0 Å². The van der Waals surface area contributed by atoms with Crippen LogP contribution in [0.15, 0.2) is 53.3 Å². The van der Waals surface area contributed by atoms with Crippen molar-refractivity contribution < 1.29 is 0 Å². The van der Waals surface area contributed by atoms with Crippen LogP contribution in [0, 0.1) is 6.92 Å². The number of nitrogens with zero attached hydrogens (tertiary/aromatic N) is 1. The van der Waals surface area contributed by atoms with Gasteiger partial charge in [0.1, 0.15) is 0 Å². The SMILES string of the molecule is Cc1ccccc1-c1[nH]c(=O)nc2ccccc12. The fraction of sp³-hybridized carbons (Fsp3) is 0.0667. The quantitative estimate of drug-likeness (QED) is 0.706. The van der Waals surface area contributed by atoms with E-state index in [0.29, 0.717) is 0 Å². The molecule has 18 heavy (non-hydrogen) atoms. The van der Waals surface area contributed by atoms with E-state index in [1.165, 1.54) is 0 Å². The number of benzene rings is 2. The normalized spacial score (nSPS) is 10.7. The Balaban J connectivity index is 2.42. The molecule has 0 spiro atoms. The molecule has 2 aromatic carbocycles. The monoisotopic (exact) mass is 236 g/mol. The van der Waals surface area contributed by atoms with Gasteiger partial charge in [0.15, 0.2) is 0 Å². The zero-order valence-corrected chi connectivity index (χ0v) is 9.97. The van der Waals surface area contributed by atoms with Crippen LogP contribution < -0.4 is 5.69 Å². The Morgan fingerprint density at radius 2 is 1.72 bits per heavy atom. The van der Waals surface area contributed by atoms with E-state index < -0.39 is 0 Å². The van der Waals surface area contributed by atoms with Crippen molar-refractivity contribution in [2.75, 3.05) is 0 Å². The Hall–Kier alpha value is -2.42. The van der Waals surface area contributed by atoms with Gasteiger partial charge in [0, 0.05) is 10.9 Å². The lowest BCUT2D eigenvalue weighted by atomic mass is 10.0. The molecule has 3 rings (SSSR count). The molecular formula is C15H12N2O. The summed E-state index contributed by atoms with van der Waals surface area (Å²) in [6, 6.07) is 15.7. The molecule has 0 fully saturated rings. The highest BCUT2D eigenvalue weighted by molar-refractivity contribution is 5.92. The Morgan fingerprint density at radius 1 is 1.00 bits per heavy atom. The van der Waals surface area contributed by atoms with Crippen molar-refractivity contribution in [1.82, 2.24) is 9.97 Å². The maximum atomic E-state index is 11.6. The number of para-hydroxylation sites is 1. The van der Waals surface area contributed by atoms with E-state index in [2.05, 4.69) is 9.97 Å². The summed E-state index contributed by atoms with van der Waals surface area (Å²) >= 11 is 0. The highest BCUT2D eigenvalue weighted by atomic mass is 16.1. The van der Waals surface area contributed by atoms with Gasteiger partial charge in [-0.2, -0.15) is 4.98 Å². The Kier molecular flexibility index (Phi) is 2.45. The number of aromatic amines is 1. The molecule has 0 aliphatic rings. The van der Waals surface area contributed by atoms with Crippen LogP contribution >= 0.6 is 0 Å². The first-order valence-corrected chi connectivity index (χ1v) is 5.81. The molecule has 0 atom stereocenters. The van der Waals surface area contributed by atoms with Gasteiger partial charge in [-0.15, -0.1) is 0 Å². The van der Waals surface area contributed by atoms with Gasteiger partial charge in [0.25, 0.3) is 0 Å². The highest BCUT2D eigenvalue weighted by Crippen LogP contribution is 2.26. The number of H-pyrrole nitrogens is 1. The number of aryl methyl sites for hydroxylation is 1. The Bertz CT molecular complexity index is 775. The second-order valence-corrected chi connectivity index (χ2v) is 4.25. The molecule has 1 heterocycles. The molecule has 3 aromatic rings. The minimum absolute atomic E-state index is 0.313. The van der Waals surface area contributed by atoms with Crippen molar-refractivity contribution in [2.24, 2.45) is 0 Å². The molecule has 1 N–H and O–H groups in total. The zero-order valence-electron chi connectivity index (χ0n) is 9.97. The van der Waals surface area contributed by atoms with Crippen molar-refractivity contribution >= 4 is 10.9 Å². The van der Waals surface area contributed by atoms with Gasteiger partial charge in [-0.05, 0) is 18.6 Å². The van der Waals surface area contributed by atoms with E-state index in [9.17, 15) is 4.79 Å². The number of fused-ring (bicyclic) bond motifs is 1. The van der Waals surface area contributed by atoms with E-state index in [1.54, 1.807) is 0 Å². The molecule has 0 aliphatic carbocycles. The van der Waals surface area contributed by atoms with Crippen LogP contribution in [-0.2, 0) is 0 Å². The minimum atomic E-state index is -0.313. The fourth-order valence-electron chi connectivity index (χ4n) is 2.16. The lowest BCUT2D eigenvalue weighted by Crippen LogP contribution is -2.11. The Morgan fingerprint density at radius 3 is 2.56 bits per heavy atom. The standard InChI is InChI=1S/C15H12N2O/c1-10-6-2-3-7-11(10)14-12-8-4-5-9-13(12)16-15(18)17-14/h2-9H,1H3,(H,16,17,18). The molecule has 0 aliphatic heterocycles. The van der Waals surface area contributed by atoms with Gasteiger partial charge in [0.05, 0.1) is 11.2 Å². The molecule has 3 heteroatoms. The highest BCUT2D eigenvalue weighted by Gasteiger charge is 2.08. The van der Waals surface area contributed by atoms with Crippen LogP contribution in [0.3, 0.4) is 0 Å². The van der Waals surface area contributed by atoms with Crippen molar-refractivity contribution in [3.63, 3.8) is 0 Å². The van der Waals surface area contributed by atoms with Crippen LogP contribution in [0.4, 0.5) is 0 Å². The molecule has 1 aromatic heterocycles. The third kappa shape index (κ3) is 1.70. The number of hydrogen-bond acceptors (Lipinski definition) is 2. The zero-order chi connectivity index (χ0) is 12.5. The summed E-state index contributed by atoms with van der Waals surface area (Å²) in [5.41, 5.74) is 3.41. The van der Waals surface area contributed by atoms with E-state index in [0.717, 1.165) is 27.7 Å². The fourth-order valence-corrected chi connectivity index (χ4v) is 2.16. The van der Waals surface area contributed by atoms with Gasteiger partial charge < -0.3 is 4.98 Å². The topological polar surface area (TPSA) is 45.8 Å². The summed E-state index contributed by atoms with van der Waals surface area (Å²) in [5.74, 6) is 0. The first kappa shape index (κ1) is 10.7. The number of hydrogen-bond donors (Lipinski definition) is 1. The largest absolute Gasteiger partial charge is 0.345 e. The minimum Gasteiger partial charge on any atom is -0.305 e. The van der Waals surface area contributed by atoms with Crippen LogP contribution in [-0.4, -0.2) is 9.97 Å². The molecule has 0 unspecified atom stereocenters.